The predicted molar refractivity (Wildman–Crippen MR) is 71.9 cm³/mol. The number of carbonyl (C=O) groups is 1. The largest absolute Gasteiger partial charge is 0.378 e. The molecule has 18 heavy (non-hydrogen) atoms. The highest BCUT2D eigenvalue weighted by atomic mass is 16.5. The van der Waals surface area contributed by atoms with Crippen LogP contribution in [-0.4, -0.2) is 31.7 Å². The van der Waals surface area contributed by atoms with Crippen LogP contribution in [0.4, 0.5) is 5.69 Å². The van der Waals surface area contributed by atoms with Gasteiger partial charge < -0.3 is 15.4 Å². The molecule has 1 aromatic rings. The summed E-state index contributed by atoms with van der Waals surface area (Å²) in [5, 5.41) is 6.11. The van der Waals surface area contributed by atoms with Crippen LogP contribution >= 0.6 is 0 Å². The zero-order valence-corrected chi connectivity index (χ0v) is 11.2. The monoisotopic (exact) mass is 248 g/mol. The molecule has 0 saturated carbocycles. The van der Waals surface area contributed by atoms with E-state index in [0.717, 1.165) is 17.8 Å². The van der Waals surface area contributed by atoms with E-state index in [1.54, 1.807) is 0 Å². The number of amides is 1. The molecule has 0 bridgehead atoms. The number of morpholine rings is 1. The van der Waals surface area contributed by atoms with Crippen molar-refractivity contribution in [2.24, 2.45) is 0 Å². The minimum atomic E-state index is -0.250. The van der Waals surface area contributed by atoms with E-state index in [2.05, 4.69) is 24.5 Å². The molecule has 1 aromatic carbocycles. The number of rotatable bonds is 2. The smallest absolute Gasteiger partial charge is 0.243 e. The molecule has 2 N–H and O–H groups in total. The van der Waals surface area contributed by atoms with Gasteiger partial charge in [-0.3, -0.25) is 4.79 Å². The Morgan fingerprint density at radius 2 is 2.11 bits per heavy atom. The highest BCUT2D eigenvalue weighted by molar-refractivity contribution is 5.95. The van der Waals surface area contributed by atoms with Crippen molar-refractivity contribution in [3.05, 3.63) is 28.8 Å². The Balaban J connectivity index is 2.09. The van der Waals surface area contributed by atoms with Crippen LogP contribution in [0, 0.1) is 20.8 Å². The lowest BCUT2D eigenvalue weighted by Gasteiger charge is -2.23. The minimum absolute atomic E-state index is 0.0268. The fourth-order valence-corrected chi connectivity index (χ4v) is 2.05. The second-order valence-corrected chi connectivity index (χ2v) is 4.75. The molecule has 1 aliphatic heterocycles. The number of hydrogen-bond acceptors (Lipinski definition) is 3. The molecule has 0 radical (unpaired) electrons. The highest BCUT2D eigenvalue weighted by Crippen LogP contribution is 2.21. The van der Waals surface area contributed by atoms with Crippen molar-refractivity contribution in [2.75, 3.05) is 25.1 Å². The average molecular weight is 248 g/mol. The SMILES string of the molecule is Cc1ccc(NC(=O)C2COCCN2)c(C)c1C. The number of aryl methyl sites for hydroxylation is 1. The molecule has 1 heterocycles. The second-order valence-electron chi connectivity index (χ2n) is 4.75. The summed E-state index contributed by atoms with van der Waals surface area (Å²) in [6, 6.07) is 3.74. The Hall–Kier alpha value is -1.39. The first kappa shape index (κ1) is 13.1. The van der Waals surface area contributed by atoms with Crippen LogP contribution in [-0.2, 0) is 9.53 Å². The van der Waals surface area contributed by atoms with E-state index >= 15 is 0 Å². The molecule has 1 aliphatic rings. The average Bonchev–Trinajstić information content (AvgIpc) is 2.40. The molecule has 1 saturated heterocycles. The van der Waals surface area contributed by atoms with Gasteiger partial charge in [0, 0.05) is 12.2 Å². The Morgan fingerprint density at radius 1 is 1.33 bits per heavy atom. The molecular weight excluding hydrogens is 228 g/mol. The van der Waals surface area contributed by atoms with Crippen molar-refractivity contribution in [2.45, 2.75) is 26.8 Å². The Morgan fingerprint density at radius 3 is 2.78 bits per heavy atom. The van der Waals surface area contributed by atoms with Gasteiger partial charge in [0.1, 0.15) is 6.04 Å². The summed E-state index contributed by atoms with van der Waals surface area (Å²) in [6.45, 7) is 8.02. The predicted octanol–water partition coefficient (Wildman–Crippen LogP) is 1.54. The quantitative estimate of drug-likeness (QED) is 0.834. The Labute approximate surface area is 108 Å². The summed E-state index contributed by atoms with van der Waals surface area (Å²) in [7, 11) is 0. The summed E-state index contributed by atoms with van der Waals surface area (Å²) < 4.78 is 5.29. The number of ether oxygens (including phenoxy) is 1. The molecule has 4 heteroatoms. The first-order valence-electron chi connectivity index (χ1n) is 6.28. The van der Waals surface area contributed by atoms with Crippen molar-refractivity contribution < 1.29 is 9.53 Å². The van der Waals surface area contributed by atoms with E-state index in [9.17, 15) is 4.79 Å². The fourth-order valence-electron chi connectivity index (χ4n) is 2.05. The lowest BCUT2D eigenvalue weighted by atomic mass is 10.0. The summed E-state index contributed by atoms with van der Waals surface area (Å²) in [5.74, 6) is -0.0268. The Kier molecular flexibility index (Phi) is 3.99. The zero-order chi connectivity index (χ0) is 13.1. The van der Waals surface area contributed by atoms with Gasteiger partial charge in [-0.2, -0.15) is 0 Å². The third-order valence-electron chi connectivity index (χ3n) is 3.55. The van der Waals surface area contributed by atoms with Gasteiger partial charge in [0.25, 0.3) is 0 Å². The first-order chi connectivity index (χ1) is 8.59. The van der Waals surface area contributed by atoms with E-state index in [1.165, 1.54) is 11.1 Å². The van der Waals surface area contributed by atoms with Crippen LogP contribution in [0.5, 0.6) is 0 Å². The lowest BCUT2D eigenvalue weighted by molar-refractivity contribution is -0.120. The van der Waals surface area contributed by atoms with Gasteiger partial charge >= 0.3 is 0 Å². The fraction of sp³-hybridized carbons (Fsp3) is 0.500. The molecule has 0 spiro atoms. The van der Waals surface area contributed by atoms with E-state index in [-0.39, 0.29) is 11.9 Å². The van der Waals surface area contributed by atoms with E-state index in [4.69, 9.17) is 4.74 Å². The van der Waals surface area contributed by atoms with E-state index < -0.39 is 0 Å². The molecule has 2 rings (SSSR count). The maximum atomic E-state index is 12.1. The molecule has 1 amide bonds. The van der Waals surface area contributed by atoms with Gasteiger partial charge in [-0.1, -0.05) is 6.07 Å². The molecule has 0 aromatic heterocycles. The number of carbonyl (C=O) groups excluding carboxylic acids is 1. The molecular formula is C14H20N2O2. The van der Waals surface area contributed by atoms with Crippen molar-refractivity contribution in [1.29, 1.82) is 0 Å². The summed E-state index contributed by atoms with van der Waals surface area (Å²) in [5.41, 5.74) is 4.47. The highest BCUT2D eigenvalue weighted by Gasteiger charge is 2.21. The van der Waals surface area contributed by atoms with Gasteiger partial charge in [0.2, 0.25) is 5.91 Å². The maximum Gasteiger partial charge on any atom is 0.243 e. The number of anilines is 1. The van der Waals surface area contributed by atoms with Crippen molar-refractivity contribution in [1.82, 2.24) is 5.32 Å². The van der Waals surface area contributed by atoms with Crippen LogP contribution in [0.3, 0.4) is 0 Å². The molecule has 1 unspecified atom stereocenters. The zero-order valence-electron chi connectivity index (χ0n) is 11.2. The van der Waals surface area contributed by atoms with Crippen LogP contribution in [0.2, 0.25) is 0 Å². The topological polar surface area (TPSA) is 50.4 Å². The number of benzene rings is 1. The first-order valence-corrected chi connectivity index (χ1v) is 6.28. The standard InChI is InChI=1S/C14H20N2O2/c1-9-4-5-12(11(3)10(9)2)16-14(17)13-8-18-7-6-15-13/h4-5,13,15H,6-8H2,1-3H3,(H,16,17). The third kappa shape index (κ3) is 2.71. The minimum Gasteiger partial charge on any atom is -0.378 e. The molecule has 1 fully saturated rings. The molecule has 98 valence electrons. The van der Waals surface area contributed by atoms with E-state index in [1.807, 2.05) is 19.1 Å². The number of nitrogens with one attached hydrogen (secondary N) is 2. The van der Waals surface area contributed by atoms with Gasteiger partial charge in [0.15, 0.2) is 0 Å². The molecule has 1 atom stereocenters. The van der Waals surface area contributed by atoms with Crippen molar-refractivity contribution in [3.63, 3.8) is 0 Å². The summed E-state index contributed by atoms with van der Waals surface area (Å²) >= 11 is 0. The van der Waals surface area contributed by atoms with Gasteiger partial charge in [-0.05, 0) is 43.5 Å². The van der Waals surface area contributed by atoms with Crippen LogP contribution < -0.4 is 10.6 Å². The maximum absolute atomic E-state index is 12.1. The van der Waals surface area contributed by atoms with Gasteiger partial charge in [-0.15, -0.1) is 0 Å². The second kappa shape index (κ2) is 5.50. The van der Waals surface area contributed by atoms with Crippen molar-refractivity contribution >= 4 is 11.6 Å². The van der Waals surface area contributed by atoms with E-state index in [0.29, 0.717) is 13.2 Å². The van der Waals surface area contributed by atoms with Crippen LogP contribution in [0.1, 0.15) is 16.7 Å². The molecule has 0 aliphatic carbocycles. The lowest BCUT2D eigenvalue weighted by Crippen LogP contribution is -2.48. The molecule has 4 nitrogen and oxygen atoms in total. The Bertz CT molecular complexity index is 451. The normalized spacial score (nSPS) is 19.6. The number of hydrogen-bond donors (Lipinski definition) is 2. The van der Waals surface area contributed by atoms with Crippen LogP contribution in [0.15, 0.2) is 12.1 Å². The van der Waals surface area contributed by atoms with Gasteiger partial charge in [-0.25, -0.2) is 0 Å². The van der Waals surface area contributed by atoms with Crippen molar-refractivity contribution in [3.8, 4) is 0 Å². The van der Waals surface area contributed by atoms with Crippen LogP contribution in [0.25, 0.3) is 0 Å². The summed E-state index contributed by atoms with van der Waals surface area (Å²) in [6.07, 6.45) is 0. The third-order valence-corrected chi connectivity index (χ3v) is 3.55. The van der Waals surface area contributed by atoms with Gasteiger partial charge in [0.05, 0.1) is 13.2 Å². The summed E-state index contributed by atoms with van der Waals surface area (Å²) in [4.78, 5) is 12.1.